The van der Waals surface area contributed by atoms with E-state index in [0.717, 1.165) is 23.9 Å². The zero-order valence-electron chi connectivity index (χ0n) is 17.4. The molecule has 0 saturated carbocycles. The molecule has 1 fully saturated rings. The lowest BCUT2D eigenvalue weighted by Gasteiger charge is -2.35. The van der Waals surface area contributed by atoms with Gasteiger partial charge in [0.15, 0.2) is 6.61 Å². The van der Waals surface area contributed by atoms with Gasteiger partial charge in [0, 0.05) is 11.6 Å². The van der Waals surface area contributed by atoms with Crippen LogP contribution in [0.1, 0.15) is 56.2 Å². The first-order valence-electron chi connectivity index (χ1n) is 10.5. The van der Waals surface area contributed by atoms with Crippen molar-refractivity contribution < 1.29 is 9.53 Å². The van der Waals surface area contributed by atoms with Gasteiger partial charge >= 0.3 is 0 Å². The summed E-state index contributed by atoms with van der Waals surface area (Å²) < 4.78 is 5.66. The molecule has 1 saturated heterocycles. The molecule has 1 N–H and O–H groups in total. The standard InChI is InChI=1S/C24H31ClN2O2/c1-18(2)19-8-12-22(13-9-19)29-17-24(28)26-16-23(27-14-4-3-5-15-27)20-6-10-21(25)11-7-20/h6-13,18,23H,3-5,14-17H2,1-2H3,(H,26,28)/t23-/m1/s1. The van der Waals surface area contributed by atoms with Crippen molar-refractivity contribution in [3.05, 3.63) is 64.7 Å². The predicted octanol–water partition coefficient (Wildman–Crippen LogP) is 5.19. The topological polar surface area (TPSA) is 41.6 Å². The normalized spacial score (nSPS) is 15.9. The SMILES string of the molecule is CC(C)c1ccc(OCC(=O)NC[C@H](c2ccc(Cl)cc2)N2CCCCC2)cc1. The van der Waals surface area contributed by atoms with E-state index in [-0.39, 0.29) is 18.6 Å². The van der Waals surface area contributed by atoms with Crippen molar-refractivity contribution in [2.24, 2.45) is 0 Å². The third kappa shape index (κ3) is 6.48. The second kappa shape index (κ2) is 10.7. The second-order valence-electron chi connectivity index (χ2n) is 7.98. The third-order valence-corrected chi connectivity index (χ3v) is 5.75. The van der Waals surface area contributed by atoms with E-state index in [2.05, 4.69) is 36.2 Å². The van der Waals surface area contributed by atoms with Crippen molar-refractivity contribution in [3.8, 4) is 5.75 Å². The average Bonchev–Trinajstić information content (AvgIpc) is 2.74. The Labute approximate surface area is 179 Å². The number of benzene rings is 2. The summed E-state index contributed by atoms with van der Waals surface area (Å²) in [7, 11) is 0. The molecule has 0 aliphatic carbocycles. The lowest BCUT2D eigenvalue weighted by atomic mass is 10.0. The summed E-state index contributed by atoms with van der Waals surface area (Å²) in [5.41, 5.74) is 2.44. The van der Waals surface area contributed by atoms with Gasteiger partial charge in [0.1, 0.15) is 5.75 Å². The molecule has 156 valence electrons. The van der Waals surface area contributed by atoms with Crippen molar-refractivity contribution in [3.63, 3.8) is 0 Å². The molecule has 2 aromatic carbocycles. The first-order valence-corrected chi connectivity index (χ1v) is 10.9. The van der Waals surface area contributed by atoms with Crippen LogP contribution in [0, 0.1) is 0 Å². The van der Waals surface area contributed by atoms with Gasteiger partial charge in [-0.15, -0.1) is 0 Å². The Kier molecular flexibility index (Phi) is 7.96. The number of halogens is 1. The molecule has 5 heteroatoms. The molecule has 1 aliphatic heterocycles. The fraction of sp³-hybridized carbons (Fsp3) is 0.458. The Bertz CT molecular complexity index is 768. The zero-order chi connectivity index (χ0) is 20.6. The number of rotatable bonds is 8. The van der Waals surface area contributed by atoms with Gasteiger partial charge in [0.25, 0.3) is 5.91 Å². The van der Waals surface area contributed by atoms with Crippen LogP contribution >= 0.6 is 11.6 Å². The van der Waals surface area contributed by atoms with Crippen LogP contribution in [-0.2, 0) is 4.79 Å². The van der Waals surface area contributed by atoms with Crippen LogP contribution in [0.2, 0.25) is 5.02 Å². The first kappa shape index (κ1) is 21.7. The molecule has 2 aromatic rings. The fourth-order valence-corrected chi connectivity index (χ4v) is 3.86. The minimum Gasteiger partial charge on any atom is -0.484 e. The van der Waals surface area contributed by atoms with Crippen molar-refractivity contribution in [1.29, 1.82) is 0 Å². The molecular formula is C24H31ClN2O2. The summed E-state index contributed by atoms with van der Waals surface area (Å²) in [4.78, 5) is 14.8. The summed E-state index contributed by atoms with van der Waals surface area (Å²) in [6.07, 6.45) is 3.68. The highest BCUT2D eigenvalue weighted by atomic mass is 35.5. The van der Waals surface area contributed by atoms with E-state index in [9.17, 15) is 4.79 Å². The summed E-state index contributed by atoms with van der Waals surface area (Å²) >= 11 is 6.06. The van der Waals surface area contributed by atoms with E-state index >= 15 is 0 Å². The number of likely N-dealkylation sites (tertiary alicyclic amines) is 1. The number of piperidine rings is 1. The Morgan fingerprint density at radius 3 is 2.24 bits per heavy atom. The predicted molar refractivity (Wildman–Crippen MR) is 119 cm³/mol. The number of hydrogen-bond donors (Lipinski definition) is 1. The molecule has 29 heavy (non-hydrogen) atoms. The van der Waals surface area contributed by atoms with E-state index in [1.807, 2.05) is 36.4 Å². The monoisotopic (exact) mass is 414 g/mol. The van der Waals surface area contributed by atoms with Crippen LogP contribution in [0.25, 0.3) is 0 Å². The number of carbonyl (C=O) groups excluding carboxylic acids is 1. The van der Waals surface area contributed by atoms with E-state index in [1.54, 1.807) is 0 Å². The Hall–Kier alpha value is -2.04. The van der Waals surface area contributed by atoms with Crippen LogP contribution in [0.5, 0.6) is 5.75 Å². The third-order valence-electron chi connectivity index (χ3n) is 5.50. The highest BCUT2D eigenvalue weighted by Crippen LogP contribution is 2.25. The summed E-state index contributed by atoms with van der Waals surface area (Å²) in [5.74, 6) is 1.09. The Balaban J connectivity index is 1.55. The van der Waals surface area contributed by atoms with E-state index < -0.39 is 0 Å². The smallest absolute Gasteiger partial charge is 0.258 e. The van der Waals surface area contributed by atoms with Gasteiger partial charge in [-0.05, 0) is 67.2 Å². The van der Waals surface area contributed by atoms with Gasteiger partial charge in [-0.25, -0.2) is 0 Å². The van der Waals surface area contributed by atoms with Crippen molar-refractivity contribution in [1.82, 2.24) is 10.2 Å². The molecule has 1 heterocycles. The van der Waals surface area contributed by atoms with Gasteiger partial charge in [0.2, 0.25) is 0 Å². The van der Waals surface area contributed by atoms with Crippen LogP contribution in [0.4, 0.5) is 0 Å². The molecular weight excluding hydrogens is 384 g/mol. The van der Waals surface area contributed by atoms with Gasteiger partial charge in [0.05, 0.1) is 6.04 Å². The average molecular weight is 415 g/mol. The summed E-state index contributed by atoms with van der Waals surface area (Å²) in [6.45, 7) is 7.01. The zero-order valence-corrected chi connectivity index (χ0v) is 18.1. The van der Waals surface area contributed by atoms with E-state index in [0.29, 0.717) is 12.5 Å². The number of hydrogen-bond acceptors (Lipinski definition) is 3. The molecule has 0 aromatic heterocycles. The minimum absolute atomic E-state index is 0.0222. The highest BCUT2D eigenvalue weighted by molar-refractivity contribution is 6.30. The van der Waals surface area contributed by atoms with E-state index in [1.165, 1.54) is 30.4 Å². The number of carbonyl (C=O) groups is 1. The lowest BCUT2D eigenvalue weighted by Crippen LogP contribution is -2.41. The number of nitrogens with zero attached hydrogens (tertiary/aromatic N) is 1. The van der Waals surface area contributed by atoms with Crippen molar-refractivity contribution >= 4 is 17.5 Å². The number of ether oxygens (including phenoxy) is 1. The molecule has 0 spiro atoms. The molecule has 0 bridgehead atoms. The molecule has 1 amide bonds. The van der Waals surface area contributed by atoms with Gasteiger partial charge in [-0.3, -0.25) is 9.69 Å². The first-order chi connectivity index (χ1) is 14.0. The minimum atomic E-state index is -0.103. The molecule has 4 nitrogen and oxygen atoms in total. The molecule has 1 aliphatic rings. The molecule has 0 radical (unpaired) electrons. The molecule has 0 unspecified atom stereocenters. The van der Waals surface area contributed by atoms with Gasteiger partial charge in [-0.2, -0.15) is 0 Å². The largest absolute Gasteiger partial charge is 0.484 e. The van der Waals surface area contributed by atoms with E-state index in [4.69, 9.17) is 16.3 Å². The Morgan fingerprint density at radius 1 is 1.00 bits per heavy atom. The van der Waals surface area contributed by atoms with Gasteiger partial charge < -0.3 is 10.1 Å². The maximum atomic E-state index is 12.4. The molecule has 1 atom stereocenters. The molecule has 3 rings (SSSR count). The summed E-state index contributed by atoms with van der Waals surface area (Å²) in [5, 5.41) is 3.78. The van der Waals surface area contributed by atoms with Crippen LogP contribution in [-0.4, -0.2) is 37.0 Å². The quantitative estimate of drug-likeness (QED) is 0.646. The number of amides is 1. The highest BCUT2D eigenvalue weighted by Gasteiger charge is 2.23. The van der Waals surface area contributed by atoms with Gasteiger partial charge in [-0.1, -0.05) is 56.1 Å². The summed E-state index contributed by atoms with van der Waals surface area (Å²) in [6, 6.07) is 16.0. The fourth-order valence-electron chi connectivity index (χ4n) is 3.73. The maximum absolute atomic E-state index is 12.4. The second-order valence-corrected chi connectivity index (χ2v) is 8.42. The van der Waals surface area contributed by atoms with Crippen molar-refractivity contribution in [2.75, 3.05) is 26.2 Å². The van der Waals surface area contributed by atoms with Crippen LogP contribution in [0.15, 0.2) is 48.5 Å². The Morgan fingerprint density at radius 2 is 1.62 bits per heavy atom. The number of nitrogens with one attached hydrogen (secondary N) is 1. The van der Waals surface area contributed by atoms with Crippen LogP contribution < -0.4 is 10.1 Å². The lowest BCUT2D eigenvalue weighted by molar-refractivity contribution is -0.123. The van der Waals surface area contributed by atoms with Crippen LogP contribution in [0.3, 0.4) is 0 Å². The van der Waals surface area contributed by atoms with Crippen molar-refractivity contribution in [2.45, 2.75) is 45.1 Å². The maximum Gasteiger partial charge on any atom is 0.258 e.